The number of rotatable bonds is 6. The van der Waals surface area contributed by atoms with Crippen molar-refractivity contribution in [3.05, 3.63) is 95.6 Å². The predicted molar refractivity (Wildman–Crippen MR) is 129 cm³/mol. The highest BCUT2D eigenvalue weighted by molar-refractivity contribution is 6.22. The van der Waals surface area contributed by atoms with Crippen LogP contribution in [0.15, 0.2) is 78.9 Å². The zero-order valence-corrected chi connectivity index (χ0v) is 19.0. The van der Waals surface area contributed by atoms with Crippen molar-refractivity contribution in [2.45, 2.75) is 12.5 Å². The van der Waals surface area contributed by atoms with Gasteiger partial charge in [-0.3, -0.25) is 29.0 Å². The number of hydrogen-bond donors (Lipinski definition) is 1. The van der Waals surface area contributed by atoms with Crippen molar-refractivity contribution in [1.29, 1.82) is 0 Å². The van der Waals surface area contributed by atoms with Gasteiger partial charge in [-0.15, -0.1) is 0 Å². The number of carbonyl (C=O) groups is 5. The van der Waals surface area contributed by atoms with Gasteiger partial charge >= 0.3 is 5.97 Å². The average molecular weight is 483 g/mol. The van der Waals surface area contributed by atoms with Gasteiger partial charge in [0.1, 0.15) is 12.6 Å². The molecule has 0 bridgehead atoms. The smallest absolute Gasteiger partial charge is 0.330 e. The number of benzene rings is 3. The van der Waals surface area contributed by atoms with Crippen LogP contribution in [0.4, 0.5) is 11.4 Å². The summed E-state index contributed by atoms with van der Waals surface area (Å²) in [5.41, 5.74) is 2.09. The fourth-order valence-corrected chi connectivity index (χ4v) is 4.37. The lowest BCUT2D eigenvalue weighted by Gasteiger charge is -2.29. The Labute approximate surface area is 206 Å². The third-order valence-electron chi connectivity index (χ3n) is 6.09. The van der Waals surface area contributed by atoms with Crippen LogP contribution in [0.2, 0.25) is 0 Å². The summed E-state index contributed by atoms with van der Waals surface area (Å²) in [6.45, 7) is -0.881. The average Bonchev–Trinajstić information content (AvgIpc) is 3.15. The van der Waals surface area contributed by atoms with Gasteiger partial charge in [0, 0.05) is 6.42 Å². The molecule has 3 aromatic carbocycles. The molecule has 4 amide bonds. The van der Waals surface area contributed by atoms with E-state index in [1.54, 1.807) is 60.7 Å². The Bertz CT molecular complexity index is 1350. The lowest BCUT2D eigenvalue weighted by atomic mass is 10.0. The molecular formula is C27H21N3O6. The van der Waals surface area contributed by atoms with E-state index in [9.17, 15) is 24.0 Å². The molecule has 9 heteroatoms. The molecular weight excluding hydrogens is 462 g/mol. The quantitative estimate of drug-likeness (QED) is 0.426. The highest BCUT2D eigenvalue weighted by Gasteiger charge is 2.43. The van der Waals surface area contributed by atoms with Crippen molar-refractivity contribution >= 4 is 41.0 Å². The summed E-state index contributed by atoms with van der Waals surface area (Å²) >= 11 is 0. The fraction of sp³-hybridized carbons (Fsp3) is 0.148. The molecule has 0 spiro atoms. The fourth-order valence-electron chi connectivity index (χ4n) is 4.37. The van der Waals surface area contributed by atoms with E-state index in [-0.39, 0.29) is 30.0 Å². The lowest BCUT2D eigenvalue weighted by molar-refractivity contribution is -0.151. The second-order valence-corrected chi connectivity index (χ2v) is 8.38. The Balaban J connectivity index is 1.37. The molecule has 9 nitrogen and oxygen atoms in total. The predicted octanol–water partition coefficient (Wildman–Crippen LogP) is 2.42. The van der Waals surface area contributed by atoms with Crippen molar-refractivity contribution in [3.63, 3.8) is 0 Å². The van der Waals surface area contributed by atoms with E-state index in [1.165, 1.54) is 17.0 Å². The number of carbonyl (C=O) groups excluding carboxylic acids is 5. The monoisotopic (exact) mass is 483 g/mol. The molecule has 0 fully saturated rings. The number of nitrogens with zero attached hydrogens (tertiary/aromatic N) is 2. The maximum Gasteiger partial charge on any atom is 0.330 e. The summed E-state index contributed by atoms with van der Waals surface area (Å²) in [5, 5.41) is 2.69. The molecule has 0 aromatic heterocycles. The summed E-state index contributed by atoms with van der Waals surface area (Å²) in [4.78, 5) is 66.5. The third kappa shape index (κ3) is 4.22. The highest BCUT2D eigenvalue weighted by atomic mass is 16.5. The Morgan fingerprint density at radius 2 is 1.44 bits per heavy atom. The zero-order chi connectivity index (χ0) is 25.2. The standard InChI is InChI=1S/C27H21N3O6/c31-23-15-29(21-13-7-6-12-20(21)28-23)24(32)16-36-27(35)22(14-17-8-2-1-3-9-17)30-25(33)18-10-4-5-11-19(18)26(30)34/h1-13,22H,14-16H2,(H,28,31)/t22-/m0/s1. The van der Waals surface area contributed by atoms with Crippen LogP contribution in [0.5, 0.6) is 0 Å². The minimum absolute atomic E-state index is 0.0221. The molecule has 36 heavy (non-hydrogen) atoms. The number of imide groups is 1. The number of nitrogens with one attached hydrogen (secondary N) is 1. The zero-order valence-electron chi connectivity index (χ0n) is 19.0. The molecule has 1 N–H and O–H groups in total. The van der Waals surface area contributed by atoms with E-state index in [1.807, 2.05) is 6.07 Å². The molecule has 0 saturated carbocycles. The maximum atomic E-state index is 13.3. The van der Waals surface area contributed by atoms with Gasteiger partial charge in [0.15, 0.2) is 6.61 Å². The van der Waals surface area contributed by atoms with Crippen LogP contribution < -0.4 is 10.2 Å². The second kappa shape index (κ2) is 9.46. The highest BCUT2D eigenvalue weighted by Crippen LogP contribution is 2.29. The summed E-state index contributed by atoms with van der Waals surface area (Å²) in [6, 6.07) is 20.8. The van der Waals surface area contributed by atoms with E-state index < -0.39 is 36.3 Å². The molecule has 3 aromatic rings. The summed E-state index contributed by atoms with van der Waals surface area (Å²) < 4.78 is 5.34. The van der Waals surface area contributed by atoms with E-state index >= 15 is 0 Å². The van der Waals surface area contributed by atoms with Gasteiger partial charge in [0.05, 0.1) is 22.5 Å². The van der Waals surface area contributed by atoms with Gasteiger partial charge < -0.3 is 10.1 Å². The first-order valence-electron chi connectivity index (χ1n) is 11.3. The number of amides is 4. The molecule has 2 aliphatic rings. The molecule has 0 aliphatic carbocycles. The van der Waals surface area contributed by atoms with Crippen LogP contribution in [-0.4, -0.2) is 53.7 Å². The van der Waals surface area contributed by atoms with Gasteiger partial charge in [-0.05, 0) is 29.8 Å². The summed E-state index contributed by atoms with van der Waals surface area (Å²) in [7, 11) is 0. The Hall–Kier alpha value is -4.79. The van der Waals surface area contributed by atoms with Crippen molar-refractivity contribution in [1.82, 2.24) is 4.90 Å². The minimum Gasteiger partial charge on any atom is -0.454 e. The molecule has 180 valence electrons. The molecule has 5 rings (SSSR count). The molecule has 2 heterocycles. The van der Waals surface area contributed by atoms with E-state index in [4.69, 9.17) is 4.74 Å². The Morgan fingerprint density at radius 1 is 0.833 bits per heavy atom. The Morgan fingerprint density at radius 3 is 2.14 bits per heavy atom. The second-order valence-electron chi connectivity index (χ2n) is 8.38. The van der Waals surface area contributed by atoms with Crippen molar-refractivity contribution in [3.8, 4) is 0 Å². The molecule has 2 aliphatic heterocycles. The maximum absolute atomic E-state index is 13.3. The van der Waals surface area contributed by atoms with E-state index in [0.717, 1.165) is 4.90 Å². The van der Waals surface area contributed by atoms with E-state index in [2.05, 4.69) is 5.32 Å². The Kier molecular flexibility index (Phi) is 6.03. The number of ether oxygens (including phenoxy) is 1. The van der Waals surface area contributed by atoms with Gasteiger partial charge in [-0.25, -0.2) is 4.79 Å². The summed E-state index contributed by atoms with van der Waals surface area (Å²) in [5.74, 6) is -3.06. The van der Waals surface area contributed by atoms with Crippen LogP contribution in [0, 0.1) is 0 Å². The minimum atomic E-state index is -1.27. The first-order valence-corrected chi connectivity index (χ1v) is 11.3. The number of fused-ring (bicyclic) bond motifs is 2. The van der Waals surface area contributed by atoms with Crippen molar-refractivity contribution in [2.24, 2.45) is 0 Å². The molecule has 0 saturated heterocycles. The first kappa shape index (κ1) is 23.0. The van der Waals surface area contributed by atoms with Gasteiger partial charge in [0.2, 0.25) is 5.91 Å². The van der Waals surface area contributed by atoms with Gasteiger partial charge in [-0.2, -0.15) is 0 Å². The largest absolute Gasteiger partial charge is 0.454 e. The third-order valence-corrected chi connectivity index (χ3v) is 6.09. The number of esters is 1. The van der Waals surface area contributed by atoms with E-state index in [0.29, 0.717) is 16.9 Å². The van der Waals surface area contributed by atoms with Crippen LogP contribution in [-0.2, 0) is 25.5 Å². The van der Waals surface area contributed by atoms with Crippen LogP contribution in [0.1, 0.15) is 26.3 Å². The number of para-hydroxylation sites is 2. The first-order chi connectivity index (χ1) is 17.4. The normalized spacial score (nSPS) is 15.2. The van der Waals surface area contributed by atoms with Crippen molar-refractivity contribution in [2.75, 3.05) is 23.4 Å². The molecule has 0 unspecified atom stereocenters. The van der Waals surface area contributed by atoms with Gasteiger partial charge in [0.25, 0.3) is 17.7 Å². The molecule has 0 radical (unpaired) electrons. The number of anilines is 2. The van der Waals surface area contributed by atoms with Crippen LogP contribution >= 0.6 is 0 Å². The van der Waals surface area contributed by atoms with Crippen LogP contribution in [0.25, 0.3) is 0 Å². The summed E-state index contributed by atoms with van der Waals surface area (Å²) in [6.07, 6.45) is 0.0221. The van der Waals surface area contributed by atoms with Crippen molar-refractivity contribution < 1.29 is 28.7 Å². The molecule has 1 atom stereocenters. The topological polar surface area (TPSA) is 113 Å². The van der Waals surface area contributed by atoms with Crippen LogP contribution in [0.3, 0.4) is 0 Å². The SMILES string of the molecule is O=C1CN(C(=O)COC(=O)[C@H](Cc2ccccc2)N2C(=O)c3ccccc3C2=O)c2ccccc2N1. The number of hydrogen-bond acceptors (Lipinski definition) is 6. The lowest BCUT2D eigenvalue weighted by Crippen LogP contribution is -2.48. The van der Waals surface area contributed by atoms with Gasteiger partial charge in [-0.1, -0.05) is 54.6 Å².